The first-order valence-corrected chi connectivity index (χ1v) is 6.23. The van der Waals surface area contributed by atoms with E-state index in [4.69, 9.17) is 5.73 Å². The molecule has 0 amide bonds. The van der Waals surface area contributed by atoms with Crippen molar-refractivity contribution in [2.75, 3.05) is 5.73 Å². The molecule has 0 aliphatic carbocycles. The van der Waals surface area contributed by atoms with E-state index in [-0.39, 0.29) is 5.82 Å². The molecule has 0 aliphatic heterocycles. The standard InChI is InChI=1S/C10H10FN3S2/c1-5-3-9(8(12)4-7(5)11)16-10-14-13-6(2)15-10/h3-4H,12H2,1-2H3. The lowest BCUT2D eigenvalue weighted by Crippen LogP contribution is -1.92. The van der Waals surface area contributed by atoms with Gasteiger partial charge in [0, 0.05) is 10.6 Å². The van der Waals surface area contributed by atoms with Crippen LogP contribution in [0.4, 0.5) is 10.1 Å². The van der Waals surface area contributed by atoms with E-state index in [1.54, 1.807) is 13.0 Å². The van der Waals surface area contributed by atoms with Gasteiger partial charge in [-0.15, -0.1) is 10.2 Å². The zero-order chi connectivity index (χ0) is 11.7. The van der Waals surface area contributed by atoms with Crippen LogP contribution < -0.4 is 5.73 Å². The number of benzene rings is 1. The molecule has 1 heterocycles. The van der Waals surface area contributed by atoms with Crippen LogP contribution in [0.2, 0.25) is 0 Å². The van der Waals surface area contributed by atoms with Gasteiger partial charge in [-0.3, -0.25) is 0 Å². The van der Waals surface area contributed by atoms with Gasteiger partial charge >= 0.3 is 0 Å². The Hall–Kier alpha value is -1.14. The van der Waals surface area contributed by atoms with Gasteiger partial charge < -0.3 is 5.73 Å². The van der Waals surface area contributed by atoms with Gasteiger partial charge in [0.2, 0.25) is 0 Å². The van der Waals surface area contributed by atoms with Crippen LogP contribution in [0.15, 0.2) is 21.4 Å². The molecule has 2 rings (SSSR count). The number of aryl methyl sites for hydroxylation is 2. The fourth-order valence-electron chi connectivity index (χ4n) is 1.17. The summed E-state index contributed by atoms with van der Waals surface area (Å²) in [5, 5.41) is 8.80. The number of hydrogen-bond acceptors (Lipinski definition) is 5. The van der Waals surface area contributed by atoms with E-state index in [0.29, 0.717) is 11.3 Å². The van der Waals surface area contributed by atoms with E-state index in [1.165, 1.54) is 29.2 Å². The van der Waals surface area contributed by atoms with E-state index >= 15 is 0 Å². The van der Waals surface area contributed by atoms with Crippen molar-refractivity contribution in [3.8, 4) is 0 Å². The fourth-order valence-corrected chi connectivity index (χ4v) is 3.07. The number of nitrogen functional groups attached to an aromatic ring is 1. The SMILES string of the molecule is Cc1nnc(Sc2cc(C)c(F)cc2N)s1. The third-order valence-electron chi connectivity index (χ3n) is 2.00. The zero-order valence-electron chi connectivity index (χ0n) is 8.82. The second kappa shape index (κ2) is 4.39. The first-order chi connectivity index (χ1) is 7.56. The van der Waals surface area contributed by atoms with Crippen LogP contribution >= 0.6 is 23.1 Å². The summed E-state index contributed by atoms with van der Waals surface area (Å²) < 4.78 is 14.0. The van der Waals surface area contributed by atoms with E-state index in [0.717, 1.165) is 14.2 Å². The Morgan fingerprint density at radius 2 is 2.06 bits per heavy atom. The quantitative estimate of drug-likeness (QED) is 0.838. The van der Waals surface area contributed by atoms with Gasteiger partial charge in [0.25, 0.3) is 0 Å². The van der Waals surface area contributed by atoms with E-state index in [9.17, 15) is 4.39 Å². The highest BCUT2D eigenvalue weighted by atomic mass is 32.2. The second-order valence-corrected chi connectivity index (χ2v) is 5.80. The Morgan fingerprint density at radius 1 is 1.31 bits per heavy atom. The molecule has 1 aromatic heterocycles. The predicted molar refractivity (Wildman–Crippen MR) is 64.3 cm³/mol. The summed E-state index contributed by atoms with van der Waals surface area (Å²) in [6.45, 7) is 3.60. The largest absolute Gasteiger partial charge is 0.398 e. The average Bonchev–Trinajstić information content (AvgIpc) is 2.60. The minimum absolute atomic E-state index is 0.282. The average molecular weight is 255 g/mol. The minimum Gasteiger partial charge on any atom is -0.398 e. The lowest BCUT2D eigenvalue weighted by molar-refractivity contribution is 0.618. The molecule has 0 spiro atoms. The topological polar surface area (TPSA) is 51.8 Å². The summed E-state index contributed by atoms with van der Waals surface area (Å²) >= 11 is 2.90. The molecule has 0 bridgehead atoms. The molecular formula is C10H10FN3S2. The molecule has 0 unspecified atom stereocenters. The van der Waals surface area contributed by atoms with Crippen molar-refractivity contribution < 1.29 is 4.39 Å². The number of halogens is 1. The van der Waals surface area contributed by atoms with Gasteiger partial charge in [0.05, 0.1) is 0 Å². The van der Waals surface area contributed by atoms with Crippen molar-refractivity contribution in [2.45, 2.75) is 23.1 Å². The highest BCUT2D eigenvalue weighted by Gasteiger charge is 2.09. The fraction of sp³-hybridized carbons (Fsp3) is 0.200. The van der Waals surface area contributed by atoms with Crippen molar-refractivity contribution in [3.63, 3.8) is 0 Å². The van der Waals surface area contributed by atoms with Crippen molar-refractivity contribution >= 4 is 28.8 Å². The van der Waals surface area contributed by atoms with Gasteiger partial charge in [0.15, 0.2) is 4.34 Å². The number of hydrogen-bond donors (Lipinski definition) is 1. The Morgan fingerprint density at radius 3 is 2.69 bits per heavy atom. The maximum absolute atomic E-state index is 13.2. The van der Waals surface area contributed by atoms with Crippen molar-refractivity contribution in [1.82, 2.24) is 10.2 Å². The molecular weight excluding hydrogens is 245 g/mol. The summed E-state index contributed by atoms with van der Waals surface area (Å²) in [6, 6.07) is 3.07. The molecule has 1 aromatic carbocycles. The molecule has 6 heteroatoms. The first-order valence-electron chi connectivity index (χ1n) is 4.60. The van der Waals surface area contributed by atoms with E-state index in [1.807, 2.05) is 6.92 Å². The van der Waals surface area contributed by atoms with Crippen LogP contribution in [0.5, 0.6) is 0 Å². The molecule has 0 atom stereocenters. The third kappa shape index (κ3) is 2.33. The monoisotopic (exact) mass is 255 g/mol. The molecule has 2 aromatic rings. The summed E-state index contributed by atoms with van der Waals surface area (Å²) in [5.74, 6) is -0.282. The predicted octanol–water partition coefficient (Wildman–Crippen LogP) is 3.03. The van der Waals surface area contributed by atoms with Crippen molar-refractivity contribution in [3.05, 3.63) is 28.5 Å². The summed E-state index contributed by atoms with van der Waals surface area (Å²) in [7, 11) is 0. The summed E-state index contributed by atoms with van der Waals surface area (Å²) in [6.07, 6.45) is 0. The van der Waals surface area contributed by atoms with E-state index < -0.39 is 0 Å². The van der Waals surface area contributed by atoms with Crippen LogP contribution in [0.3, 0.4) is 0 Å². The van der Waals surface area contributed by atoms with Gasteiger partial charge in [-0.2, -0.15) is 0 Å². The van der Waals surface area contributed by atoms with Gasteiger partial charge in [0.1, 0.15) is 10.8 Å². The summed E-state index contributed by atoms with van der Waals surface area (Å²) in [4.78, 5) is 0.815. The smallest absolute Gasteiger partial charge is 0.179 e. The Kier molecular flexibility index (Phi) is 3.11. The normalized spacial score (nSPS) is 10.7. The number of anilines is 1. The van der Waals surface area contributed by atoms with Crippen LogP contribution in [0.1, 0.15) is 10.6 Å². The van der Waals surface area contributed by atoms with Gasteiger partial charge in [-0.25, -0.2) is 4.39 Å². The second-order valence-electron chi connectivity index (χ2n) is 3.33. The van der Waals surface area contributed by atoms with Crippen LogP contribution in [0.25, 0.3) is 0 Å². The zero-order valence-corrected chi connectivity index (χ0v) is 10.5. The number of rotatable bonds is 2. The summed E-state index contributed by atoms with van der Waals surface area (Å²) in [5.41, 5.74) is 6.75. The number of aromatic nitrogens is 2. The number of nitrogens with zero attached hydrogens (tertiary/aromatic N) is 2. The molecule has 0 saturated heterocycles. The maximum Gasteiger partial charge on any atom is 0.179 e. The lowest BCUT2D eigenvalue weighted by atomic mass is 10.2. The molecule has 16 heavy (non-hydrogen) atoms. The van der Waals surface area contributed by atoms with E-state index in [2.05, 4.69) is 10.2 Å². The third-order valence-corrected chi connectivity index (χ3v) is 3.96. The molecule has 0 saturated carbocycles. The molecule has 2 N–H and O–H groups in total. The number of nitrogens with two attached hydrogens (primary N) is 1. The molecule has 3 nitrogen and oxygen atoms in total. The van der Waals surface area contributed by atoms with Crippen LogP contribution in [-0.2, 0) is 0 Å². The first kappa shape index (κ1) is 11.3. The molecule has 0 fully saturated rings. The van der Waals surface area contributed by atoms with Crippen molar-refractivity contribution in [2.24, 2.45) is 0 Å². The van der Waals surface area contributed by atoms with Gasteiger partial charge in [-0.05, 0) is 31.5 Å². The Balaban J connectivity index is 2.31. The Labute approximate surface area is 101 Å². The molecule has 0 radical (unpaired) electrons. The molecule has 84 valence electrons. The maximum atomic E-state index is 13.2. The lowest BCUT2D eigenvalue weighted by Gasteiger charge is -2.05. The highest BCUT2D eigenvalue weighted by molar-refractivity contribution is 8.01. The Bertz CT molecular complexity index is 525. The van der Waals surface area contributed by atoms with Crippen molar-refractivity contribution in [1.29, 1.82) is 0 Å². The minimum atomic E-state index is -0.282. The highest BCUT2D eigenvalue weighted by Crippen LogP contribution is 2.34. The van der Waals surface area contributed by atoms with Crippen LogP contribution in [-0.4, -0.2) is 10.2 Å². The molecule has 0 aliphatic rings. The van der Waals surface area contributed by atoms with Crippen LogP contribution in [0, 0.1) is 19.7 Å². The van der Waals surface area contributed by atoms with Gasteiger partial charge in [-0.1, -0.05) is 23.1 Å².